The Labute approximate surface area is 125 Å². The van der Waals surface area contributed by atoms with Crippen LogP contribution in [-0.2, 0) is 20.1 Å². The Hall–Kier alpha value is -1.73. The molecule has 2 aromatic heterocycles. The van der Waals surface area contributed by atoms with E-state index in [1.807, 2.05) is 25.6 Å². The highest BCUT2D eigenvalue weighted by Crippen LogP contribution is 2.26. The fourth-order valence-electron chi connectivity index (χ4n) is 3.03. The zero-order chi connectivity index (χ0) is 14.8. The lowest BCUT2D eigenvalue weighted by atomic mass is 10.00. The standard InChI is InChI=1S/C14H23N7/c1-4-21-17-6-11(18-21)5-16-13-9-19(2)8-12(13)14-7-15-10-20(14)3/h6-7,10,12-13,16H,4-5,8-9H2,1-3H3/t12-,13-/m1/s1. The van der Waals surface area contributed by atoms with Gasteiger partial charge in [-0.1, -0.05) is 0 Å². The summed E-state index contributed by atoms with van der Waals surface area (Å²) in [5, 5.41) is 12.3. The molecule has 3 rings (SSSR count). The molecule has 1 aliphatic heterocycles. The largest absolute Gasteiger partial charge is 0.337 e. The molecule has 2 aromatic rings. The van der Waals surface area contributed by atoms with Gasteiger partial charge in [-0.2, -0.15) is 15.0 Å². The third-order valence-corrected chi connectivity index (χ3v) is 4.15. The molecule has 3 heterocycles. The van der Waals surface area contributed by atoms with Gasteiger partial charge in [-0.3, -0.25) is 0 Å². The van der Waals surface area contributed by atoms with Crippen molar-refractivity contribution in [2.24, 2.45) is 7.05 Å². The number of likely N-dealkylation sites (N-methyl/N-ethyl adjacent to an activating group) is 1. The summed E-state index contributed by atoms with van der Waals surface area (Å²) in [5.41, 5.74) is 2.28. The molecule has 0 aliphatic carbocycles. The minimum absolute atomic E-state index is 0.414. The molecule has 0 radical (unpaired) electrons. The van der Waals surface area contributed by atoms with Gasteiger partial charge in [-0.15, -0.1) is 0 Å². The first-order valence-electron chi connectivity index (χ1n) is 7.44. The molecule has 7 nitrogen and oxygen atoms in total. The van der Waals surface area contributed by atoms with Gasteiger partial charge in [-0.25, -0.2) is 4.98 Å². The van der Waals surface area contributed by atoms with Crippen LogP contribution in [0.3, 0.4) is 0 Å². The number of hydrogen-bond acceptors (Lipinski definition) is 5. The van der Waals surface area contributed by atoms with Crippen LogP contribution in [0, 0.1) is 0 Å². The highest BCUT2D eigenvalue weighted by molar-refractivity contribution is 5.14. The Balaban J connectivity index is 1.67. The molecule has 0 spiro atoms. The minimum atomic E-state index is 0.414. The predicted molar refractivity (Wildman–Crippen MR) is 79.8 cm³/mol. The van der Waals surface area contributed by atoms with Gasteiger partial charge in [0.2, 0.25) is 0 Å². The van der Waals surface area contributed by atoms with Gasteiger partial charge in [0.25, 0.3) is 0 Å². The summed E-state index contributed by atoms with van der Waals surface area (Å²) in [7, 11) is 4.23. The molecule has 1 aliphatic rings. The van der Waals surface area contributed by atoms with Crippen molar-refractivity contribution in [3.63, 3.8) is 0 Å². The lowest BCUT2D eigenvalue weighted by Crippen LogP contribution is -2.35. The molecule has 0 unspecified atom stereocenters. The van der Waals surface area contributed by atoms with Crippen molar-refractivity contribution in [2.75, 3.05) is 20.1 Å². The second kappa shape index (κ2) is 5.95. The van der Waals surface area contributed by atoms with E-state index in [4.69, 9.17) is 0 Å². The first-order chi connectivity index (χ1) is 10.2. The fourth-order valence-corrected chi connectivity index (χ4v) is 3.03. The average molecular weight is 289 g/mol. The Morgan fingerprint density at radius 2 is 2.14 bits per heavy atom. The summed E-state index contributed by atoms with van der Waals surface area (Å²) in [6.45, 7) is 5.70. The van der Waals surface area contributed by atoms with Crippen molar-refractivity contribution in [1.82, 2.24) is 34.8 Å². The van der Waals surface area contributed by atoms with E-state index in [0.717, 1.165) is 31.9 Å². The zero-order valence-electron chi connectivity index (χ0n) is 12.9. The maximum atomic E-state index is 4.43. The van der Waals surface area contributed by atoms with E-state index < -0.39 is 0 Å². The maximum Gasteiger partial charge on any atom is 0.0965 e. The normalized spacial score (nSPS) is 23.0. The monoisotopic (exact) mass is 289 g/mol. The number of nitrogens with one attached hydrogen (secondary N) is 1. The van der Waals surface area contributed by atoms with Gasteiger partial charge in [0.1, 0.15) is 0 Å². The Morgan fingerprint density at radius 1 is 1.29 bits per heavy atom. The lowest BCUT2D eigenvalue weighted by molar-refractivity contribution is 0.396. The van der Waals surface area contributed by atoms with Crippen LogP contribution < -0.4 is 5.32 Å². The highest BCUT2D eigenvalue weighted by Gasteiger charge is 2.33. The van der Waals surface area contributed by atoms with E-state index in [9.17, 15) is 0 Å². The van der Waals surface area contributed by atoms with E-state index in [-0.39, 0.29) is 0 Å². The molecule has 21 heavy (non-hydrogen) atoms. The van der Waals surface area contributed by atoms with Crippen LogP contribution in [-0.4, -0.2) is 55.6 Å². The van der Waals surface area contributed by atoms with Gasteiger partial charge in [0.05, 0.1) is 24.8 Å². The number of aromatic nitrogens is 5. The Bertz CT molecular complexity index is 588. The summed E-state index contributed by atoms with van der Waals surface area (Å²) >= 11 is 0. The molecule has 1 N–H and O–H groups in total. The zero-order valence-corrected chi connectivity index (χ0v) is 12.9. The third-order valence-electron chi connectivity index (χ3n) is 4.15. The molecular formula is C14H23N7. The van der Waals surface area contributed by atoms with Crippen molar-refractivity contribution in [2.45, 2.75) is 32.0 Å². The fraction of sp³-hybridized carbons (Fsp3) is 0.643. The summed E-state index contributed by atoms with van der Waals surface area (Å²) in [6, 6.07) is 0.414. The van der Waals surface area contributed by atoms with Crippen molar-refractivity contribution >= 4 is 0 Å². The summed E-state index contributed by atoms with van der Waals surface area (Å²) in [5.74, 6) is 0.462. The van der Waals surface area contributed by atoms with Gasteiger partial charge >= 0.3 is 0 Å². The molecule has 1 fully saturated rings. The van der Waals surface area contributed by atoms with Gasteiger partial charge in [0.15, 0.2) is 0 Å². The average Bonchev–Trinajstić information content (AvgIpc) is 3.16. The quantitative estimate of drug-likeness (QED) is 0.853. The summed E-state index contributed by atoms with van der Waals surface area (Å²) in [6.07, 6.45) is 5.69. The van der Waals surface area contributed by atoms with E-state index in [1.54, 1.807) is 4.80 Å². The van der Waals surface area contributed by atoms with Crippen molar-refractivity contribution in [1.29, 1.82) is 0 Å². The van der Waals surface area contributed by atoms with E-state index in [0.29, 0.717) is 12.0 Å². The number of likely N-dealkylation sites (tertiary alicyclic amines) is 1. The molecule has 0 saturated carbocycles. The SMILES string of the molecule is CCn1ncc(CN[C@@H]2CN(C)C[C@H]2c2cncn2C)n1. The smallest absolute Gasteiger partial charge is 0.0965 e. The van der Waals surface area contributed by atoms with Crippen LogP contribution in [0.25, 0.3) is 0 Å². The molecule has 0 amide bonds. The molecule has 0 bridgehead atoms. The van der Waals surface area contributed by atoms with Crippen LogP contribution in [0.4, 0.5) is 0 Å². The second-order valence-electron chi connectivity index (χ2n) is 5.77. The van der Waals surface area contributed by atoms with Crippen LogP contribution in [0.5, 0.6) is 0 Å². The van der Waals surface area contributed by atoms with Crippen molar-refractivity contribution in [3.05, 3.63) is 30.1 Å². The third kappa shape index (κ3) is 2.98. The number of hydrogen-bond donors (Lipinski definition) is 1. The van der Waals surface area contributed by atoms with Gasteiger partial charge in [-0.05, 0) is 14.0 Å². The molecule has 7 heteroatoms. The number of rotatable bonds is 5. The topological polar surface area (TPSA) is 63.8 Å². The predicted octanol–water partition coefficient (Wildman–Crippen LogP) is 0.219. The Morgan fingerprint density at radius 3 is 2.81 bits per heavy atom. The van der Waals surface area contributed by atoms with E-state index >= 15 is 0 Å². The summed E-state index contributed by atoms with van der Waals surface area (Å²) < 4.78 is 2.12. The van der Waals surface area contributed by atoms with E-state index in [1.165, 1.54) is 5.69 Å². The van der Waals surface area contributed by atoms with E-state index in [2.05, 4.69) is 44.1 Å². The van der Waals surface area contributed by atoms with Crippen molar-refractivity contribution < 1.29 is 0 Å². The van der Waals surface area contributed by atoms with Gasteiger partial charge < -0.3 is 14.8 Å². The molecule has 0 aromatic carbocycles. The number of nitrogens with zero attached hydrogens (tertiary/aromatic N) is 6. The minimum Gasteiger partial charge on any atom is -0.337 e. The van der Waals surface area contributed by atoms with Crippen LogP contribution in [0.15, 0.2) is 18.7 Å². The Kier molecular flexibility index (Phi) is 4.03. The van der Waals surface area contributed by atoms with Crippen LogP contribution in [0.2, 0.25) is 0 Å². The van der Waals surface area contributed by atoms with Crippen LogP contribution in [0.1, 0.15) is 24.2 Å². The first-order valence-corrected chi connectivity index (χ1v) is 7.44. The van der Waals surface area contributed by atoms with Gasteiger partial charge in [0, 0.05) is 50.5 Å². The van der Waals surface area contributed by atoms with Crippen molar-refractivity contribution in [3.8, 4) is 0 Å². The number of imidazole rings is 1. The number of aryl methyl sites for hydroxylation is 2. The molecule has 2 atom stereocenters. The first kappa shape index (κ1) is 14.2. The molecule has 1 saturated heterocycles. The highest BCUT2D eigenvalue weighted by atomic mass is 15.5. The van der Waals surface area contributed by atoms with Crippen LogP contribution >= 0.6 is 0 Å². The summed E-state index contributed by atoms with van der Waals surface area (Å²) in [4.78, 5) is 8.33. The second-order valence-corrected chi connectivity index (χ2v) is 5.77. The lowest BCUT2D eigenvalue weighted by Gasteiger charge is -2.19. The maximum absolute atomic E-state index is 4.43. The molecule has 114 valence electrons. The molecular weight excluding hydrogens is 266 g/mol.